The first-order valence-corrected chi connectivity index (χ1v) is 9.68. The van der Waals surface area contributed by atoms with Gasteiger partial charge >= 0.3 is 0 Å². The molecule has 2 amide bonds. The summed E-state index contributed by atoms with van der Waals surface area (Å²) < 4.78 is 0. The van der Waals surface area contributed by atoms with E-state index in [1.54, 1.807) is 0 Å². The van der Waals surface area contributed by atoms with Crippen molar-refractivity contribution in [1.29, 1.82) is 0 Å². The van der Waals surface area contributed by atoms with Crippen LogP contribution in [0.5, 0.6) is 0 Å². The number of carbonyl (C=O) groups is 2. The molecule has 2 atom stereocenters. The predicted octanol–water partition coefficient (Wildman–Crippen LogP) is 0.485. The molecule has 1 saturated carbocycles. The Labute approximate surface area is 154 Å². The molecule has 26 heavy (non-hydrogen) atoms. The van der Waals surface area contributed by atoms with Crippen molar-refractivity contribution in [3.8, 4) is 0 Å². The number of hydrogen-bond acceptors (Lipinski definition) is 4. The summed E-state index contributed by atoms with van der Waals surface area (Å²) in [5, 5.41) is 10.6. The number of nitrogens with one attached hydrogen (secondary N) is 2. The van der Waals surface area contributed by atoms with Crippen molar-refractivity contribution in [1.82, 2.24) is 25.3 Å². The molecule has 4 rings (SSSR count). The SMILES string of the molecule is Cc1n[nH]c(C)c1CCN(C)C(=O)[C@@]12CNC[C@@H]1CN(C(=O)C1CC1)C2. The lowest BCUT2D eigenvalue weighted by Gasteiger charge is -2.31. The molecule has 0 spiro atoms. The Kier molecular flexibility index (Phi) is 4.29. The number of aromatic nitrogens is 2. The fraction of sp³-hybridized carbons (Fsp3) is 0.737. The van der Waals surface area contributed by atoms with Gasteiger partial charge in [0.05, 0.1) is 11.1 Å². The maximum atomic E-state index is 13.4. The van der Waals surface area contributed by atoms with Gasteiger partial charge < -0.3 is 15.1 Å². The average molecular weight is 359 g/mol. The quantitative estimate of drug-likeness (QED) is 0.802. The number of hydrogen-bond donors (Lipinski definition) is 2. The maximum Gasteiger partial charge on any atom is 0.232 e. The van der Waals surface area contributed by atoms with E-state index in [4.69, 9.17) is 0 Å². The number of rotatable bonds is 5. The fourth-order valence-corrected chi connectivity index (χ4v) is 4.68. The van der Waals surface area contributed by atoms with Crippen molar-refractivity contribution >= 4 is 11.8 Å². The van der Waals surface area contributed by atoms with Crippen LogP contribution in [0.15, 0.2) is 0 Å². The number of carbonyl (C=O) groups excluding carboxylic acids is 2. The molecule has 3 heterocycles. The predicted molar refractivity (Wildman–Crippen MR) is 97.5 cm³/mol. The summed E-state index contributed by atoms with van der Waals surface area (Å²) in [7, 11) is 1.89. The second-order valence-electron chi connectivity index (χ2n) is 8.37. The Balaban J connectivity index is 1.44. The first kappa shape index (κ1) is 17.5. The highest BCUT2D eigenvalue weighted by atomic mass is 16.2. The van der Waals surface area contributed by atoms with Crippen LogP contribution in [0.2, 0.25) is 0 Å². The monoisotopic (exact) mass is 359 g/mol. The second kappa shape index (κ2) is 6.37. The minimum Gasteiger partial charge on any atom is -0.345 e. The third-order valence-corrected chi connectivity index (χ3v) is 6.52. The molecule has 2 aliphatic heterocycles. The molecule has 2 N–H and O–H groups in total. The van der Waals surface area contributed by atoms with E-state index in [0.717, 1.165) is 43.7 Å². The van der Waals surface area contributed by atoms with E-state index in [1.807, 2.05) is 30.7 Å². The van der Waals surface area contributed by atoms with Crippen LogP contribution in [-0.2, 0) is 16.0 Å². The molecule has 0 unspecified atom stereocenters. The Morgan fingerprint density at radius 3 is 2.77 bits per heavy atom. The van der Waals surface area contributed by atoms with Crippen molar-refractivity contribution < 1.29 is 9.59 Å². The van der Waals surface area contributed by atoms with Gasteiger partial charge in [0.15, 0.2) is 0 Å². The molecule has 1 aliphatic carbocycles. The molecular formula is C19H29N5O2. The summed E-state index contributed by atoms with van der Waals surface area (Å²) >= 11 is 0. The van der Waals surface area contributed by atoms with E-state index in [0.29, 0.717) is 19.6 Å². The number of amides is 2. The molecule has 142 valence electrons. The summed E-state index contributed by atoms with van der Waals surface area (Å²) in [6.45, 7) is 7.49. The first-order chi connectivity index (χ1) is 12.4. The minimum atomic E-state index is -0.445. The Bertz CT molecular complexity index is 706. The molecule has 0 aromatic carbocycles. The molecule has 0 bridgehead atoms. The number of H-pyrrole nitrogens is 1. The molecule has 3 fully saturated rings. The van der Waals surface area contributed by atoms with Gasteiger partial charge in [0.1, 0.15) is 0 Å². The summed E-state index contributed by atoms with van der Waals surface area (Å²) in [5.74, 6) is 0.896. The highest BCUT2D eigenvalue weighted by Gasteiger charge is 2.57. The molecule has 7 heteroatoms. The third-order valence-electron chi connectivity index (χ3n) is 6.52. The van der Waals surface area contributed by atoms with Crippen molar-refractivity contribution in [2.75, 3.05) is 39.8 Å². The number of aryl methyl sites for hydroxylation is 2. The molecular weight excluding hydrogens is 330 g/mol. The molecule has 7 nitrogen and oxygen atoms in total. The smallest absolute Gasteiger partial charge is 0.232 e. The summed E-state index contributed by atoms with van der Waals surface area (Å²) in [5.41, 5.74) is 2.83. The van der Waals surface area contributed by atoms with Crippen LogP contribution in [0.3, 0.4) is 0 Å². The van der Waals surface area contributed by atoms with Crippen LogP contribution in [0.1, 0.15) is 29.8 Å². The van der Waals surface area contributed by atoms with Crippen LogP contribution < -0.4 is 5.32 Å². The molecule has 1 aromatic heterocycles. The Morgan fingerprint density at radius 2 is 2.12 bits per heavy atom. The zero-order valence-electron chi connectivity index (χ0n) is 16.0. The summed E-state index contributed by atoms with van der Waals surface area (Å²) in [6.07, 6.45) is 2.83. The molecule has 0 radical (unpaired) electrons. The number of likely N-dealkylation sites (N-methyl/N-ethyl adjacent to an activating group) is 1. The van der Waals surface area contributed by atoms with Gasteiger partial charge in [-0.05, 0) is 38.7 Å². The van der Waals surface area contributed by atoms with Crippen molar-refractivity contribution in [3.63, 3.8) is 0 Å². The summed E-state index contributed by atoms with van der Waals surface area (Å²) in [4.78, 5) is 29.7. The minimum absolute atomic E-state index is 0.178. The Morgan fingerprint density at radius 1 is 1.35 bits per heavy atom. The third kappa shape index (κ3) is 2.82. The zero-order valence-corrected chi connectivity index (χ0v) is 16.0. The highest BCUT2D eigenvalue weighted by Crippen LogP contribution is 2.43. The Hall–Kier alpha value is -1.89. The highest BCUT2D eigenvalue weighted by molar-refractivity contribution is 5.87. The van der Waals surface area contributed by atoms with Crippen molar-refractivity contribution in [2.24, 2.45) is 17.3 Å². The van der Waals surface area contributed by atoms with E-state index in [1.165, 1.54) is 5.56 Å². The van der Waals surface area contributed by atoms with Gasteiger partial charge in [0, 0.05) is 57.3 Å². The van der Waals surface area contributed by atoms with Crippen molar-refractivity contribution in [2.45, 2.75) is 33.1 Å². The van der Waals surface area contributed by atoms with Gasteiger partial charge in [-0.15, -0.1) is 0 Å². The van der Waals surface area contributed by atoms with Crippen LogP contribution in [-0.4, -0.2) is 71.6 Å². The van der Waals surface area contributed by atoms with E-state index in [-0.39, 0.29) is 23.7 Å². The van der Waals surface area contributed by atoms with E-state index in [2.05, 4.69) is 15.5 Å². The average Bonchev–Trinajstić information content (AvgIpc) is 3.18. The summed E-state index contributed by atoms with van der Waals surface area (Å²) in [6, 6.07) is 0. The van der Waals surface area contributed by atoms with E-state index in [9.17, 15) is 9.59 Å². The van der Waals surface area contributed by atoms with E-state index >= 15 is 0 Å². The normalized spacial score (nSPS) is 27.7. The van der Waals surface area contributed by atoms with Gasteiger partial charge in [0.25, 0.3) is 0 Å². The number of fused-ring (bicyclic) bond motifs is 1. The van der Waals surface area contributed by atoms with Gasteiger partial charge in [-0.1, -0.05) is 0 Å². The van der Waals surface area contributed by atoms with E-state index < -0.39 is 5.41 Å². The van der Waals surface area contributed by atoms with Gasteiger partial charge in [-0.2, -0.15) is 5.10 Å². The lowest BCUT2D eigenvalue weighted by atomic mass is 9.79. The molecule has 2 saturated heterocycles. The van der Waals surface area contributed by atoms with Gasteiger partial charge in [-0.3, -0.25) is 14.7 Å². The van der Waals surface area contributed by atoms with Gasteiger partial charge in [0.2, 0.25) is 11.8 Å². The topological polar surface area (TPSA) is 81.3 Å². The van der Waals surface area contributed by atoms with Crippen LogP contribution in [0, 0.1) is 31.1 Å². The maximum absolute atomic E-state index is 13.4. The van der Waals surface area contributed by atoms with Crippen LogP contribution in [0.4, 0.5) is 0 Å². The first-order valence-electron chi connectivity index (χ1n) is 9.68. The zero-order chi connectivity index (χ0) is 18.5. The number of nitrogens with zero attached hydrogens (tertiary/aromatic N) is 3. The largest absolute Gasteiger partial charge is 0.345 e. The fourth-order valence-electron chi connectivity index (χ4n) is 4.68. The molecule has 1 aromatic rings. The lowest BCUT2D eigenvalue weighted by Crippen LogP contribution is -2.49. The lowest BCUT2D eigenvalue weighted by molar-refractivity contribution is -0.141. The second-order valence-corrected chi connectivity index (χ2v) is 8.37. The number of aromatic amines is 1. The molecule has 3 aliphatic rings. The van der Waals surface area contributed by atoms with Crippen LogP contribution in [0.25, 0.3) is 0 Å². The van der Waals surface area contributed by atoms with Gasteiger partial charge in [-0.25, -0.2) is 0 Å². The standard InChI is InChI=1S/C19H29N5O2/c1-12-16(13(2)22-21-12)6-7-23(3)18(26)19-10-20-8-15(19)9-24(11-19)17(25)14-4-5-14/h14-15,20H,4-11H2,1-3H3,(H,21,22)/t15-,19-/m1/s1. The number of likely N-dealkylation sites (tertiary alicyclic amines) is 1. The van der Waals surface area contributed by atoms with Crippen molar-refractivity contribution in [3.05, 3.63) is 17.0 Å². The van der Waals surface area contributed by atoms with Crippen LogP contribution >= 0.6 is 0 Å².